The number of carbonyl (C=O) groups is 1. The Morgan fingerprint density at radius 2 is 1.81 bits per heavy atom. The molecule has 0 atom stereocenters. The number of nitrogens with two attached hydrogens (primary N) is 1. The molecule has 1 amide bonds. The number of hydrogen-bond acceptors (Lipinski definition) is 3. The van der Waals surface area contributed by atoms with Gasteiger partial charge in [0.1, 0.15) is 0 Å². The Hall–Kier alpha value is -1.37. The second-order valence-corrected chi connectivity index (χ2v) is 7.08. The van der Waals surface area contributed by atoms with Crippen LogP contribution in [-0.4, -0.2) is 5.91 Å². The second kappa shape index (κ2) is 5.79. The molecular weight excluding hydrogens is 416 g/mol. The number of thiophene rings is 1. The summed E-state index contributed by atoms with van der Waals surface area (Å²) in [5.74, 6) is -0.140. The summed E-state index contributed by atoms with van der Waals surface area (Å²) in [6, 6.07) is 11.4. The lowest BCUT2D eigenvalue weighted by Gasteiger charge is -2.10. The first-order valence-electron chi connectivity index (χ1n) is 6.08. The summed E-state index contributed by atoms with van der Waals surface area (Å²) in [6.45, 7) is 0. The first-order chi connectivity index (χ1) is 10.1. The average molecular weight is 426 g/mol. The fourth-order valence-electron chi connectivity index (χ4n) is 2.05. The first kappa shape index (κ1) is 14.6. The topological polar surface area (TPSA) is 55.1 Å². The number of benzene rings is 2. The summed E-state index contributed by atoms with van der Waals surface area (Å²) < 4.78 is 2.57. The van der Waals surface area contributed by atoms with Crippen LogP contribution in [0.25, 0.3) is 10.1 Å². The highest BCUT2D eigenvalue weighted by Crippen LogP contribution is 2.34. The number of nitrogens with one attached hydrogen (secondary N) is 1. The molecule has 0 saturated carbocycles. The average Bonchev–Trinajstić information content (AvgIpc) is 2.86. The predicted molar refractivity (Wildman–Crippen MR) is 96.0 cm³/mol. The van der Waals surface area contributed by atoms with Crippen LogP contribution in [0.3, 0.4) is 0 Å². The molecule has 6 heteroatoms. The molecule has 0 aliphatic carbocycles. The zero-order valence-electron chi connectivity index (χ0n) is 10.7. The SMILES string of the molecule is Nc1cc(Br)c(NC(=O)c2csc3ccccc23)c(Br)c1. The van der Waals surface area contributed by atoms with Crippen molar-refractivity contribution in [1.82, 2.24) is 0 Å². The number of rotatable bonds is 2. The van der Waals surface area contributed by atoms with E-state index in [9.17, 15) is 4.79 Å². The molecule has 3 aromatic rings. The number of fused-ring (bicyclic) bond motifs is 1. The van der Waals surface area contributed by atoms with Crippen molar-refractivity contribution >= 4 is 70.6 Å². The lowest BCUT2D eigenvalue weighted by Crippen LogP contribution is -2.12. The molecule has 0 saturated heterocycles. The minimum atomic E-state index is -0.140. The molecule has 3 N–H and O–H groups in total. The molecule has 1 aromatic heterocycles. The van der Waals surface area contributed by atoms with Crippen LogP contribution in [0.4, 0.5) is 11.4 Å². The van der Waals surface area contributed by atoms with Gasteiger partial charge in [-0.15, -0.1) is 11.3 Å². The summed E-state index contributed by atoms with van der Waals surface area (Å²) in [4.78, 5) is 12.5. The normalized spacial score (nSPS) is 10.8. The molecule has 0 unspecified atom stereocenters. The van der Waals surface area contributed by atoms with Crippen molar-refractivity contribution < 1.29 is 4.79 Å². The van der Waals surface area contributed by atoms with Crippen LogP contribution in [0.1, 0.15) is 10.4 Å². The van der Waals surface area contributed by atoms with Gasteiger partial charge in [-0.1, -0.05) is 18.2 Å². The van der Waals surface area contributed by atoms with Gasteiger partial charge < -0.3 is 11.1 Å². The minimum absolute atomic E-state index is 0.140. The summed E-state index contributed by atoms with van der Waals surface area (Å²) in [5, 5.41) is 5.75. The van der Waals surface area contributed by atoms with Gasteiger partial charge in [-0.2, -0.15) is 0 Å². The van der Waals surface area contributed by atoms with E-state index in [1.807, 2.05) is 29.6 Å². The monoisotopic (exact) mass is 424 g/mol. The fourth-order valence-corrected chi connectivity index (χ4v) is 4.41. The van der Waals surface area contributed by atoms with Crippen LogP contribution in [0, 0.1) is 0 Å². The van der Waals surface area contributed by atoms with Crippen molar-refractivity contribution in [3.63, 3.8) is 0 Å². The molecule has 0 aliphatic rings. The van der Waals surface area contributed by atoms with E-state index in [4.69, 9.17) is 5.73 Å². The minimum Gasteiger partial charge on any atom is -0.399 e. The largest absolute Gasteiger partial charge is 0.399 e. The number of anilines is 2. The standard InChI is InChI=1S/C15H10Br2N2OS/c16-11-5-8(18)6-12(17)14(11)19-15(20)10-7-21-13-4-2-1-3-9(10)13/h1-7H,18H2,(H,19,20). The maximum atomic E-state index is 12.5. The Morgan fingerprint density at radius 3 is 2.52 bits per heavy atom. The number of carbonyl (C=O) groups excluding carboxylic acids is 1. The lowest BCUT2D eigenvalue weighted by molar-refractivity contribution is 0.102. The molecule has 0 spiro atoms. The van der Waals surface area contributed by atoms with Crippen molar-refractivity contribution in [2.24, 2.45) is 0 Å². The molecule has 0 fully saturated rings. The Bertz CT molecular complexity index is 822. The van der Waals surface area contributed by atoms with Gasteiger partial charge in [-0.05, 0) is 50.1 Å². The van der Waals surface area contributed by atoms with Gasteiger partial charge in [0, 0.05) is 30.1 Å². The highest BCUT2D eigenvalue weighted by Gasteiger charge is 2.15. The molecule has 3 rings (SSSR count). The van der Waals surface area contributed by atoms with Crippen molar-refractivity contribution in [3.05, 3.63) is 56.3 Å². The summed E-state index contributed by atoms with van der Waals surface area (Å²) in [7, 11) is 0. The number of halogens is 2. The Balaban J connectivity index is 1.97. The lowest BCUT2D eigenvalue weighted by atomic mass is 10.1. The van der Waals surface area contributed by atoms with E-state index in [0.717, 1.165) is 19.0 Å². The number of amides is 1. The third kappa shape index (κ3) is 2.84. The zero-order valence-corrected chi connectivity index (χ0v) is 14.7. The van der Waals surface area contributed by atoms with E-state index in [1.165, 1.54) is 0 Å². The smallest absolute Gasteiger partial charge is 0.257 e. The first-order valence-corrected chi connectivity index (χ1v) is 8.55. The van der Waals surface area contributed by atoms with Crippen LogP contribution in [-0.2, 0) is 0 Å². The van der Waals surface area contributed by atoms with Crippen LogP contribution in [0.2, 0.25) is 0 Å². The van der Waals surface area contributed by atoms with Crippen LogP contribution in [0.5, 0.6) is 0 Å². The zero-order chi connectivity index (χ0) is 15.0. The molecule has 0 bridgehead atoms. The van der Waals surface area contributed by atoms with Gasteiger partial charge in [0.05, 0.1) is 11.3 Å². The van der Waals surface area contributed by atoms with Gasteiger partial charge in [0.2, 0.25) is 0 Å². The van der Waals surface area contributed by atoms with E-state index in [1.54, 1.807) is 23.5 Å². The van der Waals surface area contributed by atoms with E-state index in [-0.39, 0.29) is 5.91 Å². The van der Waals surface area contributed by atoms with E-state index >= 15 is 0 Å². The number of hydrogen-bond donors (Lipinski definition) is 2. The Labute approximate surface area is 142 Å². The molecule has 21 heavy (non-hydrogen) atoms. The Morgan fingerprint density at radius 1 is 1.14 bits per heavy atom. The van der Waals surface area contributed by atoms with Crippen molar-refractivity contribution in [3.8, 4) is 0 Å². The van der Waals surface area contributed by atoms with Crippen LogP contribution < -0.4 is 11.1 Å². The van der Waals surface area contributed by atoms with Gasteiger partial charge in [0.25, 0.3) is 5.91 Å². The summed E-state index contributed by atoms with van der Waals surface area (Å²) >= 11 is 8.39. The molecule has 3 nitrogen and oxygen atoms in total. The van der Waals surface area contributed by atoms with Crippen LogP contribution >= 0.6 is 43.2 Å². The van der Waals surface area contributed by atoms with E-state index < -0.39 is 0 Å². The summed E-state index contributed by atoms with van der Waals surface area (Å²) in [5.41, 5.74) is 7.72. The highest BCUT2D eigenvalue weighted by molar-refractivity contribution is 9.11. The fraction of sp³-hybridized carbons (Fsp3) is 0. The number of nitrogen functional groups attached to an aromatic ring is 1. The molecule has 0 aliphatic heterocycles. The summed E-state index contributed by atoms with van der Waals surface area (Å²) in [6.07, 6.45) is 0. The highest BCUT2D eigenvalue weighted by atomic mass is 79.9. The molecule has 0 radical (unpaired) electrons. The van der Waals surface area contributed by atoms with Gasteiger partial charge in [-0.3, -0.25) is 4.79 Å². The van der Waals surface area contributed by atoms with Crippen molar-refractivity contribution in [1.29, 1.82) is 0 Å². The van der Waals surface area contributed by atoms with Gasteiger partial charge in [-0.25, -0.2) is 0 Å². The predicted octanol–water partition coefficient (Wildman–Crippen LogP) is 5.26. The molecule has 1 heterocycles. The van der Waals surface area contributed by atoms with Gasteiger partial charge >= 0.3 is 0 Å². The quantitative estimate of drug-likeness (QED) is 0.550. The van der Waals surface area contributed by atoms with E-state index in [2.05, 4.69) is 37.2 Å². The van der Waals surface area contributed by atoms with Crippen molar-refractivity contribution in [2.75, 3.05) is 11.1 Å². The second-order valence-electron chi connectivity index (χ2n) is 4.46. The molecular formula is C15H10Br2N2OS. The van der Waals surface area contributed by atoms with E-state index in [0.29, 0.717) is 16.9 Å². The van der Waals surface area contributed by atoms with Crippen LogP contribution in [0.15, 0.2) is 50.7 Å². The third-order valence-corrected chi connectivity index (χ3v) is 5.24. The van der Waals surface area contributed by atoms with Crippen molar-refractivity contribution in [2.45, 2.75) is 0 Å². The molecule has 2 aromatic carbocycles. The maximum absolute atomic E-state index is 12.5. The molecule has 106 valence electrons. The third-order valence-electron chi connectivity index (χ3n) is 3.03. The van der Waals surface area contributed by atoms with Gasteiger partial charge in [0.15, 0.2) is 0 Å². The maximum Gasteiger partial charge on any atom is 0.257 e. The Kier molecular flexibility index (Phi) is 4.01.